The normalized spacial score (nSPS) is 23.0. The van der Waals surface area contributed by atoms with E-state index < -0.39 is 39.6 Å². The van der Waals surface area contributed by atoms with Gasteiger partial charge in [-0.05, 0) is 36.8 Å². The molecule has 0 unspecified atom stereocenters. The highest BCUT2D eigenvalue weighted by molar-refractivity contribution is 7.92. The maximum absolute atomic E-state index is 13.2. The van der Waals surface area contributed by atoms with E-state index in [9.17, 15) is 18.6 Å². The molecule has 0 bridgehead atoms. The minimum atomic E-state index is -3.72. The second kappa shape index (κ2) is 5.97. The van der Waals surface area contributed by atoms with E-state index in [2.05, 4.69) is 0 Å². The second-order valence-electron chi connectivity index (χ2n) is 6.92. The zero-order valence-corrected chi connectivity index (χ0v) is 15.1. The van der Waals surface area contributed by atoms with Crippen LogP contribution in [0.1, 0.15) is 17.0 Å². The SMILES string of the molecule is Cc1ccc(S(=O)(=O)[C@@H]2[C@H](c3ccc4c(c3)OCO4)C2(CO)CO)cc1. The van der Waals surface area contributed by atoms with Crippen molar-refractivity contribution < 1.29 is 28.1 Å². The zero-order valence-electron chi connectivity index (χ0n) is 14.3. The highest BCUT2D eigenvalue weighted by Crippen LogP contribution is 2.64. The zero-order chi connectivity index (χ0) is 18.5. The molecule has 1 fully saturated rings. The smallest absolute Gasteiger partial charge is 0.231 e. The van der Waals surface area contributed by atoms with E-state index in [1.807, 2.05) is 6.92 Å². The quantitative estimate of drug-likeness (QED) is 0.824. The molecule has 4 rings (SSSR count). The number of aliphatic hydroxyl groups excluding tert-OH is 2. The van der Waals surface area contributed by atoms with E-state index in [0.717, 1.165) is 5.56 Å². The number of rotatable bonds is 5. The maximum atomic E-state index is 13.2. The van der Waals surface area contributed by atoms with Crippen LogP contribution in [0, 0.1) is 12.3 Å². The molecule has 0 saturated heterocycles. The van der Waals surface area contributed by atoms with Crippen LogP contribution in [0.4, 0.5) is 0 Å². The lowest BCUT2D eigenvalue weighted by Gasteiger charge is -2.11. The molecule has 0 spiro atoms. The van der Waals surface area contributed by atoms with Crippen LogP contribution in [0.25, 0.3) is 0 Å². The van der Waals surface area contributed by atoms with Crippen LogP contribution < -0.4 is 9.47 Å². The summed E-state index contributed by atoms with van der Waals surface area (Å²) in [6.45, 7) is 1.17. The molecule has 26 heavy (non-hydrogen) atoms. The molecule has 1 heterocycles. The van der Waals surface area contributed by atoms with Gasteiger partial charge in [0.2, 0.25) is 6.79 Å². The van der Waals surface area contributed by atoms with E-state index in [4.69, 9.17) is 9.47 Å². The van der Waals surface area contributed by atoms with Crippen molar-refractivity contribution >= 4 is 9.84 Å². The Morgan fingerprint density at radius 1 is 1.04 bits per heavy atom. The first-order valence-electron chi connectivity index (χ1n) is 8.36. The number of benzene rings is 2. The van der Waals surface area contributed by atoms with Crippen LogP contribution >= 0.6 is 0 Å². The van der Waals surface area contributed by atoms with Gasteiger partial charge in [0.05, 0.1) is 23.4 Å². The van der Waals surface area contributed by atoms with E-state index in [-0.39, 0.29) is 11.7 Å². The lowest BCUT2D eigenvalue weighted by atomic mass is 10.0. The standard InChI is InChI=1S/C19H20O6S/c1-12-2-5-14(6-3-12)26(22,23)18-17(19(18,9-20)10-21)13-4-7-15-16(8-13)25-11-24-15/h2-8,17-18,20-21H,9-11H2,1H3/t17-,18+/m0/s1. The number of aliphatic hydroxyl groups is 2. The van der Waals surface area contributed by atoms with E-state index in [0.29, 0.717) is 17.1 Å². The molecular weight excluding hydrogens is 356 g/mol. The Bertz CT molecular complexity index is 931. The molecule has 0 amide bonds. The van der Waals surface area contributed by atoms with Crippen molar-refractivity contribution in [3.63, 3.8) is 0 Å². The van der Waals surface area contributed by atoms with E-state index >= 15 is 0 Å². The summed E-state index contributed by atoms with van der Waals surface area (Å²) < 4.78 is 37.0. The van der Waals surface area contributed by atoms with E-state index in [1.165, 1.54) is 0 Å². The number of sulfone groups is 1. The molecule has 7 heteroatoms. The molecule has 2 aromatic rings. The molecular formula is C19H20O6S. The van der Waals surface area contributed by atoms with Crippen LogP contribution in [0.2, 0.25) is 0 Å². The van der Waals surface area contributed by atoms with Gasteiger partial charge in [-0.15, -0.1) is 0 Å². The molecule has 0 aromatic heterocycles. The van der Waals surface area contributed by atoms with Crippen molar-refractivity contribution in [2.75, 3.05) is 20.0 Å². The molecule has 1 saturated carbocycles. The Labute approximate surface area is 151 Å². The Morgan fingerprint density at radius 2 is 1.69 bits per heavy atom. The molecule has 0 radical (unpaired) electrons. The summed E-state index contributed by atoms with van der Waals surface area (Å²) in [5, 5.41) is 19.0. The van der Waals surface area contributed by atoms with Gasteiger partial charge in [0.25, 0.3) is 0 Å². The molecule has 138 valence electrons. The Balaban J connectivity index is 1.76. The fourth-order valence-electron chi connectivity index (χ4n) is 3.86. The van der Waals surface area contributed by atoms with Crippen molar-refractivity contribution in [1.29, 1.82) is 0 Å². The molecule has 2 aromatic carbocycles. The number of hydrogen-bond donors (Lipinski definition) is 2. The van der Waals surface area contributed by atoms with Gasteiger partial charge in [0.15, 0.2) is 21.3 Å². The average molecular weight is 376 g/mol. The van der Waals surface area contributed by atoms with Crippen molar-refractivity contribution in [3.8, 4) is 11.5 Å². The molecule has 2 N–H and O–H groups in total. The number of ether oxygens (including phenoxy) is 2. The van der Waals surface area contributed by atoms with Crippen molar-refractivity contribution in [1.82, 2.24) is 0 Å². The van der Waals surface area contributed by atoms with Crippen molar-refractivity contribution in [2.45, 2.75) is 23.0 Å². The van der Waals surface area contributed by atoms with E-state index in [1.54, 1.807) is 42.5 Å². The van der Waals surface area contributed by atoms with Crippen LogP contribution in [0.5, 0.6) is 11.5 Å². The average Bonchev–Trinajstić information content (AvgIpc) is 3.12. The Kier molecular flexibility index (Phi) is 3.98. The third-order valence-corrected chi connectivity index (χ3v) is 7.75. The Hall–Kier alpha value is -2.09. The summed E-state index contributed by atoms with van der Waals surface area (Å²) in [4.78, 5) is 0.197. The first kappa shape index (κ1) is 17.3. The van der Waals surface area contributed by atoms with Gasteiger partial charge in [-0.25, -0.2) is 8.42 Å². The second-order valence-corrected chi connectivity index (χ2v) is 8.99. The fourth-order valence-corrected chi connectivity index (χ4v) is 6.29. The van der Waals surface area contributed by atoms with Gasteiger partial charge in [-0.3, -0.25) is 0 Å². The van der Waals surface area contributed by atoms with Crippen LogP contribution in [-0.4, -0.2) is 43.9 Å². The fraction of sp³-hybridized carbons (Fsp3) is 0.368. The van der Waals surface area contributed by atoms with Gasteiger partial charge in [0.1, 0.15) is 0 Å². The monoisotopic (exact) mass is 376 g/mol. The van der Waals surface area contributed by atoms with Gasteiger partial charge in [-0.2, -0.15) is 0 Å². The predicted molar refractivity (Wildman–Crippen MR) is 94.1 cm³/mol. The molecule has 2 atom stereocenters. The van der Waals surface area contributed by atoms with Crippen LogP contribution in [0.15, 0.2) is 47.4 Å². The Morgan fingerprint density at radius 3 is 2.35 bits per heavy atom. The van der Waals surface area contributed by atoms with Gasteiger partial charge < -0.3 is 19.7 Å². The minimum absolute atomic E-state index is 0.125. The third-order valence-electron chi connectivity index (χ3n) is 5.41. The minimum Gasteiger partial charge on any atom is -0.454 e. The predicted octanol–water partition coefficient (Wildman–Crippen LogP) is 1.63. The summed E-state index contributed by atoms with van der Waals surface area (Å²) in [5.74, 6) is 0.634. The van der Waals surface area contributed by atoms with Gasteiger partial charge >= 0.3 is 0 Å². The lowest BCUT2D eigenvalue weighted by molar-refractivity contribution is 0.130. The largest absolute Gasteiger partial charge is 0.454 e. The highest BCUT2D eigenvalue weighted by Gasteiger charge is 2.70. The topological polar surface area (TPSA) is 93.1 Å². The molecule has 1 aliphatic heterocycles. The summed E-state index contributed by atoms with van der Waals surface area (Å²) in [7, 11) is -3.72. The summed E-state index contributed by atoms with van der Waals surface area (Å²) >= 11 is 0. The van der Waals surface area contributed by atoms with Gasteiger partial charge in [0, 0.05) is 11.3 Å². The van der Waals surface area contributed by atoms with Crippen LogP contribution in [-0.2, 0) is 9.84 Å². The maximum Gasteiger partial charge on any atom is 0.231 e. The number of fused-ring (bicyclic) bond motifs is 1. The summed E-state index contributed by atoms with van der Waals surface area (Å²) in [5.41, 5.74) is 0.554. The highest BCUT2D eigenvalue weighted by atomic mass is 32.2. The van der Waals surface area contributed by atoms with Crippen LogP contribution in [0.3, 0.4) is 0 Å². The molecule has 1 aliphatic carbocycles. The number of hydrogen-bond acceptors (Lipinski definition) is 6. The van der Waals surface area contributed by atoms with Gasteiger partial charge in [-0.1, -0.05) is 23.8 Å². The summed E-state index contributed by atoms with van der Waals surface area (Å²) in [6, 6.07) is 11.8. The molecule has 6 nitrogen and oxygen atoms in total. The number of aryl methyl sites for hydroxylation is 1. The van der Waals surface area contributed by atoms with Crippen molar-refractivity contribution in [2.24, 2.45) is 5.41 Å². The molecule has 2 aliphatic rings. The first-order valence-corrected chi connectivity index (χ1v) is 9.90. The summed E-state index contributed by atoms with van der Waals surface area (Å²) in [6.07, 6.45) is 0. The van der Waals surface area contributed by atoms with Crippen molar-refractivity contribution in [3.05, 3.63) is 53.6 Å². The first-order chi connectivity index (χ1) is 12.4. The third kappa shape index (κ3) is 2.42. The lowest BCUT2D eigenvalue weighted by Crippen LogP contribution is -2.23.